The van der Waals surface area contributed by atoms with E-state index in [1.807, 2.05) is 18.2 Å². The van der Waals surface area contributed by atoms with Gasteiger partial charge in [0.2, 0.25) is 0 Å². The Kier molecular flexibility index (Phi) is 4.74. The molecule has 0 spiro atoms. The number of anilines is 1. The smallest absolute Gasteiger partial charge is 0.129 e. The summed E-state index contributed by atoms with van der Waals surface area (Å²) in [4.78, 5) is 6.94. The van der Waals surface area contributed by atoms with Gasteiger partial charge in [0.15, 0.2) is 0 Å². The van der Waals surface area contributed by atoms with Crippen LogP contribution in [-0.2, 0) is 0 Å². The number of pyridine rings is 1. The molecule has 1 heterocycles. The van der Waals surface area contributed by atoms with Gasteiger partial charge in [-0.3, -0.25) is 0 Å². The predicted octanol–water partition coefficient (Wildman–Crippen LogP) is 3.22. The molecule has 2 rings (SSSR count). The van der Waals surface area contributed by atoms with Gasteiger partial charge >= 0.3 is 0 Å². The molecule has 1 aromatic heterocycles. The second kappa shape index (κ2) is 6.53. The van der Waals surface area contributed by atoms with Crippen LogP contribution in [0.1, 0.15) is 26.7 Å². The lowest BCUT2D eigenvalue weighted by atomic mass is 10.1. The summed E-state index contributed by atoms with van der Waals surface area (Å²) in [6.45, 7) is 5.15. The van der Waals surface area contributed by atoms with Gasteiger partial charge in [-0.25, -0.2) is 4.98 Å². The fourth-order valence-corrected chi connectivity index (χ4v) is 2.54. The van der Waals surface area contributed by atoms with E-state index in [0.29, 0.717) is 12.6 Å². The van der Waals surface area contributed by atoms with Crippen molar-refractivity contribution in [1.82, 2.24) is 4.98 Å². The summed E-state index contributed by atoms with van der Waals surface area (Å²) in [5.74, 6) is 0.960. The maximum Gasteiger partial charge on any atom is 0.129 e. The minimum absolute atomic E-state index is 0.158. The SMILES string of the molecule is CCC(CC)N(CCO)c1ccc2ccccc2n1. The van der Waals surface area contributed by atoms with Crippen LogP contribution < -0.4 is 4.90 Å². The van der Waals surface area contributed by atoms with E-state index < -0.39 is 0 Å². The predicted molar refractivity (Wildman–Crippen MR) is 80.5 cm³/mol. The highest BCUT2D eigenvalue weighted by Gasteiger charge is 2.16. The molecule has 0 aliphatic heterocycles. The number of fused-ring (bicyclic) bond motifs is 1. The van der Waals surface area contributed by atoms with Gasteiger partial charge in [-0.2, -0.15) is 0 Å². The number of para-hydroxylation sites is 1. The second-order valence-corrected chi connectivity index (χ2v) is 4.75. The summed E-state index contributed by atoms with van der Waals surface area (Å²) in [6, 6.07) is 12.7. The van der Waals surface area contributed by atoms with E-state index in [1.54, 1.807) is 0 Å². The van der Waals surface area contributed by atoms with Crippen LogP contribution in [0.4, 0.5) is 5.82 Å². The lowest BCUT2D eigenvalue weighted by Gasteiger charge is -2.31. The van der Waals surface area contributed by atoms with Crippen molar-refractivity contribution >= 4 is 16.7 Å². The highest BCUT2D eigenvalue weighted by Crippen LogP contribution is 2.21. The zero-order valence-corrected chi connectivity index (χ0v) is 11.7. The number of aliphatic hydroxyl groups excluding tert-OH is 1. The van der Waals surface area contributed by atoms with Crippen molar-refractivity contribution in [2.24, 2.45) is 0 Å². The number of rotatable bonds is 6. The Bertz CT molecular complexity index is 523. The topological polar surface area (TPSA) is 36.4 Å². The van der Waals surface area contributed by atoms with E-state index in [-0.39, 0.29) is 6.61 Å². The summed E-state index contributed by atoms with van der Waals surface area (Å²) in [5, 5.41) is 10.4. The van der Waals surface area contributed by atoms with E-state index in [9.17, 15) is 5.11 Å². The third-order valence-corrected chi connectivity index (χ3v) is 3.60. The maximum absolute atomic E-state index is 9.28. The summed E-state index contributed by atoms with van der Waals surface area (Å²) >= 11 is 0. The van der Waals surface area contributed by atoms with E-state index in [0.717, 1.165) is 29.6 Å². The molecule has 0 unspecified atom stereocenters. The summed E-state index contributed by atoms with van der Waals surface area (Å²) in [6.07, 6.45) is 2.12. The van der Waals surface area contributed by atoms with E-state index in [1.165, 1.54) is 0 Å². The standard InChI is InChI=1S/C16H22N2O/c1-3-14(4-2)18(11-12-19)16-10-9-13-7-5-6-8-15(13)17-16/h5-10,14,19H,3-4,11-12H2,1-2H3. The molecule has 2 aromatic rings. The van der Waals surface area contributed by atoms with Crippen LogP contribution in [0, 0.1) is 0 Å². The Balaban J connectivity index is 2.37. The van der Waals surface area contributed by atoms with Crippen LogP contribution in [0.15, 0.2) is 36.4 Å². The summed E-state index contributed by atoms with van der Waals surface area (Å²) in [5.41, 5.74) is 1.01. The van der Waals surface area contributed by atoms with Crippen LogP contribution in [0.3, 0.4) is 0 Å². The first-order valence-corrected chi connectivity index (χ1v) is 7.03. The van der Waals surface area contributed by atoms with Gasteiger partial charge in [-0.15, -0.1) is 0 Å². The molecule has 19 heavy (non-hydrogen) atoms. The van der Waals surface area contributed by atoms with Crippen molar-refractivity contribution in [3.8, 4) is 0 Å². The Morgan fingerprint density at radius 2 is 1.84 bits per heavy atom. The van der Waals surface area contributed by atoms with E-state index in [4.69, 9.17) is 4.98 Å². The number of aliphatic hydroxyl groups is 1. The van der Waals surface area contributed by atoms with E-state index in [2.05, 4.69) is 36.9 Å². The highest BCUT2D eigenvalue weighted by molar-refractivity contribution is 5.80. The largest absolute Gasteiger partial charge is 0.395 e. The molecular weight excluding hydrogens is 236 g/mol. The van der Waals surface area contributed by atoms with E-state index >= 15 is 0 Å². The third kappa shape index (κ3) is 3.04. The maximum atomic E-state index is 9.28. The summed E-state index contributed by atoms with van der Waals surface area (Å²) in [7, 11) is 0. The van der Waals surface area contributed by atoms with Gasteiger partial charge in [0.1, 0.15) is 5.82 Å². The number of nitrogens with zero attached hydrogens (tertiary/aromatic N) is 2. The van der Waals surface area contributed by atoms with Crippen LogP contribution in [0.2, 0.25) is 0 Å². The zero-order valence-electron chi connectivity index (χ0n) is 11.7. The van der Waals surface area contributed by atoms with Crippen molar-refractivity contribution in [2.45, 2.75) is 32.7 Å². The highest BCUT2D eigenvalue weighted by atomic mass is 16.3. The fraction of sp³-hybridized carbons (Fsp3) is 0.438. The Labute approximate surface area is 114 Å². The second-order valence-electron chi connectivity index (χ2n) is 4.75. The van der Waals surface area contributed by atoms with Gasteiger partial charge < -0.3 is 10.0 Å². The van der Waals surface area contributed by atoms with Crippen molar-refractivity contribution in [2.75, 3.05) is 18.1 Å². The van der Waals surface area contributed by atoms with Gasteiger partial charge in [-0.1, -0.05) is 32.0 Å². The average Bonchev–Trinajstić information content (AvgIpc) is 2.47. The Hall–Kier alpha value is -1.61. The van der Waals surface area contributed by atoms with Gasteiger partial charge in [0.25, 0.3) is 0 Å². The molecule has 102 valence electrons. The molecule has 3 nitrogen and oxygen atoms in total. The number of hydrogen-bond donors (Lipinski definition) is 1. The molecule has 0 amide bonds. The molecule has 0 radical (unpaired) electrons. The number of benzene rings is 1. The molecule has 0 fully saturated rings. The molecule has 3 heteroatoms. The van der Waals surface area contributed by atoms with Gasteiger partial charge in [0.05, 0.1) is 12.1 Å². The Morgan fingerprint density at radius 1 is 1.11 bits per heavy atom. The third-order valence-electron chi connectivity index (χ3n) is 3.60. The zero-order chi connectivity index (χ0) is 13.7. The lowest BCUT2D eigenvalue weighted by Crippen LogP contribution is -2.37. The minimum atomic E-state index is 0.158. The van der Waals surface area contributed by atoms with Crippen molar-refractivity contribution < 1.29 is 5.11 Å². The van der Waals surface area contributed by atoms with Crippen molar-refractivity contribution in [3.63, 3.8) is 0 Å². The quantitative estimate of drug-likeness (QED) is 0.864. The molecule has 1 aromatic carbocycles. The molecule has 0 aliphatic rings. The monoisotopic (exact) mass is 258 g/mol. The van der Waals surface area contributed by atoms with Crippen LogP contribution in [0.5, 0.6) is 0 Å². The lowest BCUT2D eigenvalue weighted by molar-refractivity contribution is 0.295. The van der Waals surface area contributed by atoms with Gasteiger partial charge in [-0.05, 0) is 31.0 Å². The van der Waals surface area contributed by atoms with Gasteiger partial charge in [0, 0.05) is 18.0 Å². The average molecular weight is 258 g/mol. The Morgan fingerprint density at radius 3 is 2.53 bits per heavy atom. The molecule has 0 atom stereocenters. The molecular formula is C16H22N2O. The van der Waals surface area contributed by atoms with Crippen LogP contribution in [0.25, 0.3) is 10.9 Å². The minimum Gasteiger partial charge on any atom is -0.395 e. The molecule has 0 bridgehead atoms. The fourth-order valence-electron chi connectivity index (χ4n) is 2.54. The first-order chi connectivity index (χ1) is 9.30. The molecule has 0 saturated heterocycles. The number of hydrogen-bond acceptors (Lipinski definition) is 3. The number of aromatic nitrogens is 1. The molecule has 1 N–H and O–H groups in total. The first kappa shape index (κ1) is 13.8. The van der Waals surface area contributed by atoms with Crippen molar-refractivity contribution in [3.05, 3.63) is 36.4 Å². The van der Waals surface area contributed by atoms with Crippen molar-refractivity contribution in [1.29, 1.82) is 0 Å². The molecule has 0 aliphatic carbocycles. The van der Waals surface area contributed by atoms with Crippen LogP contribution >= 0.6 is 0 Å². The summed E-state index contributed by atoms with van der Waals surface area (Å²) < 4.78 is 0. The molecule has 0 saturated carbocycles. The normalized spacial score (nSPS) is 11.2. The van der Waals surface area contributed by atoms with Crippen LogP contribution in [-0.4, -0.2) is 29.3 Å². The first-order valence-electron chi connectivity index (χ1n) is 7.03.